The Labute approximate surface area is 177 Å². The standard InChI is InChI=1S/C21H18ClN5OS/c1-13-15(20(23)28)10-19(27(13)9-6-14-4-2-3-5-16(14)22)18-12-29-21(26-18)17-11-24-7-8-25-17/h2-5,7-8,10-12H,6,9H2,1H3,(H2,23,28). The number of carbonyl (C=O) groups excluding carboxylic acids is 1. The van der Waals surface area contributed by atoms with Gasteiger partial charge in [0.05, 0.1) is 23.1 Å². The lowest BCUT2D eigenvalue weighted by Crippen LogP contribution is -2.13. The zero-order valence-corrected chi connectivity index (χ0v) is 17.2. The molecule has 0 atom stereocenters. The third-order valence-corrected chi connectivity index (χ3v) is 5.98. The van der Waals surface area contributed by atoms with E-state index >= 15 is 0 Å². The molecule has 3 heterocycles. The molecular formula is C21H18ClN5OS. The molecule has 0 saturated carbocycles. The van der Waals surface area contributed by atoms with Crippen LogP contribution < -0.4 is 5.73 Å². The van der Waals surface area contributed by atoms with Gasteiger partial charge < -0.3 is 10.3 Å². The van der Waals surface area contributed by atoms with Crippen LogP contribution in [0.5, 0.6) is 0 Å². The van der Waals surface area contributed by atoms with Crippen LogP contribution in [0.1, 0.15) is 21.6 Å². The second-order valence-electron chi connectivity index (χ2n) is 6.51. The lowest BCUT2D eigenvalue weighted by Gasteiger charge is -2.11. The number of benzene rings is 1. The molecule has 0 unspecified atom stereocenters. The maximum atomic E-state index is 11.9. The highest BCUT2D eigenvalue weighted by molar-refractivity contribution is 7.13. The Morgan fingerprint density at radius 3 is 2.79 bits per heavy atom. The van der Waals surface area contributed by atoms with Gasteiger partial charge in [-0.15, -0.1) is 11.3 Å². The molecule has 0 fully saturated rings. The van der Waals surface area contributed by atoms with Gasteiger partial charge in [0.15, 0.2) is 0 Å². The van der Waals surface area contributed by atoms with Gasteiger partial charge in [-0.2, -0.15) is 0 Å². The molecule has 8 heteroatoms. The Balaban J connectivity index is 1.71. The van der Waals surface area contributed by atoms with Crippen molar-refractivity contribution in [1.82, 2.24) is 19.5 Å². The summed E-state index contributed by atoms with van der Waals surface area (Å²) in [6, 6.07) is 9.56. The summed E-state index contributed by atoms with van der Waals surface area (Å²) in [5, 5.41) is 3.45. The number of carbonyl (C=O) groups is 1. The zero-order valence-electron chi connectivity index (χ0n) is 15.7. The number of thiazole rings is 1. The number of nitrogens with two attached hydrogens (primary N) is 1. The van der Waals surface area contributed by atoms with E-state index in [0.29, 0.717) is 17.8 Å². The summed E-state index contributed by atoms with van der Waals surface area (Å²) in [4.78, 5) is 25.0. The number of amides is 1. The molecule has 29 heavy (non-hydrogen) atoms. The number of primary amides is 1. The van der Waals surface area contributed by atoms with Gasteiger partial charge in [-0.05, 0) is 31.0 Å². The molecular weight excluding hydrogens is 406 g/mol. The summed E-state index contributed by atoms with van der Waals surface area (Å²) in [6.45, 7) is 2.54. The molecule has 2 N–H and O–H groups in total. The van der Waals surface area contributed by atoms with E-state index in [1.54, 1.807) is 24.7 Å². The second-order valence-corrected chi connectivity index (χ2v) is 7.78. The van der Waals surface area contributed by atoms with Crippen molar-refractivity contribution in [2.75, 3.05) is 0 Å². The SMILES string of the molecule is Cc1c(C(N)=O)cc(-c2csc(-c3cnccn3)n2)n1CCc1ccccc1Cl. The van der Waals surface area contributed by atoms with Gasteiger partial charge in [0.25, 0.3) is 5.91 Å². The first-order chi connectivity index (χ1) is 14.0. The Hall–Kier alpha value is -3.03. The van der Waals surface area contributed by atoms with Crippen LogP contribution in [0.15, 0.2) is 54.3 Å². The molecule has 0 spiro atoms. The van der Waals surface area contributed by atoms with Crippen LogP contribution >= 0.6 is 22.9 Å². The van der Waals surface area contributed by atoms with Gasteiger partial charge in [-0.25, -0.2) is 4.98 Å². The average molecular weight is 424 g/mol. The summed E-state index contributed by atoms with van der Waals surface area (Å²) in [6.07, 6.45) is 5.67. The van der Waals surface area contributed by atoms with Crippen molar-refractivity contribution in [3.8, 4) is 22.1 Å². The maximum Gasteiger partial charge on any atom is 0.250 e. The van der Waals surface area contributed by atoms with Gasteiger partial charge in [0.2, 0.25) is 0 Å². The first kappa shape index (κ1) is 19.3. The summed E-state index contributed by atoms with van der Waals surface area (Å²) in [5.74, 6) is -0.454. The van der Waals surface area contributed by atoms with Crippen LogP contribution in [0.3, 0.4) is 0 Å². The number of aromatic nitrogens is 4. The van der Waals surface area contributed by atoms with Crippen LogP contribution in [-0.2, 0) is 13.0 Å². The lowest BCUT2D eigenvalue weighted by molar-refractivity contribution is 0.0999. The smallest absolute Gasteiger partial charge is 0.250 e. The fourth-order valence-electron chi connectivity index (χ4n) is 3.25. The molecule has 4 rings (SSSR count). The van der Waals surface area contributed by atoms with Crippen molar-refractivity contribution in [2.45, 2.75) is 19.9 Å². The van der Waals surface area contributed by atoms with Crippen LogP contribution in [0.25, 0.3) is 22.1 Å². The van der Waals surface area contributed by atoms with Crippen molar-refractivity contribution < 1.29 is 4.79 Å². The van der Waals surface area contributed by atoms with Crippen LogP contribution in [-0.4, -0.2) is 25.4 Å². The van der Waals surface area contributed by atoms with E-state index in [0.717, 1.165) is 39.1 Å². The quantitative estimate of drug-likeness (QED) is 0.498. The summed E-state index contributed by atoms with van der Waals surface area (Å²) >= 11 is 7.79. The Bertz CT molecular complexity index is 1170. The van der Waals surface area contributed by atoms with E-state index in [-0.39, 0.29) is 0 Å². The Kier molecular flexibility index (Phi) is 5.42. The van der Waals surface area contributed by atoms with Crippen molar-refractivity contribution in [1.29, 1.82) is 0 Å². The average Bonchev–Trinajstić information content (AvgIpc) is 3.33. The third-order valence-electron chi connectivity index (χ3n) is 4.74. The second kappa shape index (κ2) is 8.14. The molecule has 1 amide bonds. The minimum absolute atomic E-state index is 0.454. The molecule has 0 saturated heterocycles. The van der Waals surface area contributed by atoms with Crippen molar-refractivity contribution >= 4 is 28.8 Å². The number of halogens is 1. The van der Waals surface area contributed by atoms with E-state index in [4.69, 9.17) is 22.3 Å². The third kappa shape index (κ3) is 3.92. The van der Waals surface area contributed by atoms with Gasteiger partial charge in [-0.1, -0.05) is 29.8 Å². The first-order valence-electron chi connectivity index (χ1n) is 9.00. The molecule has 146 valence electrons. The van der Waals surface area contributed by atoms with Crippen LogP contribution in [0, 0.1) is 6.92 Å². The molecule has 4 aromatic rings. The Morgan fingerprint density at radius 1 is 1.24 bits per heavy atom. The minimum Gasteiger partial charge on any atom is -0.366 e. The summed E-state index contributed by atoms with van der Waals surface area (Å²) < 4.78 is 2.07. The van der Waals surface area contributed by atoms with E-state index in [1.807, 2.05) is 36.6 Å². The Morgan fingerprint density at radius 2 is 2.07 bits per heavy atom. The molecule has 0 radical (unpaired) electrons. The molecule has 1 aromatic carbocycles. The number of aryl methyl sites for hydroxylation is 1. The normalized spacial score (nSPS) is 11.0. The van der Waals surface area contributed by atoms with E-state index in [9.17, 15) is 4.79 Å². The highest BCUT2D eigenvalue weighted by atomic mass is 35.5. The zero-order chi connectivity index (χ0) is 20.4. The predicted molar refractivity (Wildman–Crippen MR) is 115 cm³/mol. The monoisotopic (exact) mass is 423 g/mol. The highest BCUT2D eigenvalue weighted by Gasteiger charge is 2.19. The van der Waals surface area contributed by atoms with Gasteiger partial charge in [0.1, 0.15) is 10.7 Å². The fourth-order valence-corrected chi connectivity index (χ4v) is 4.25. The largest absolute Gasteiger partial charge is 0.366 e. The van der Waals surface area contributed by atoms with Crippen molar-refractivity contribution in [3.63, 3.8) is 0 Å². The number of hydrogen-bond acceptors (Lipinski definition) is 5. The lowest BCUT2D eigenvalue weighted by atomic mass is 10.1. The summed E-state index contributed by atoms with van der Waals surface area (Å²) in [5.41, 5.74) is 10.3. The number of nitrogens with zero attached hydrogens (tertiary/aromatic N) is 4. The predicted octanol–water partition coefficient (Wildman–Crippen LogP) is 4.37. The highest BCUT2D eigenvalue weighted by Crippen LogP contribution is 2.31. The molecule has 0 aliphatic carbocycles. The molecule has 0 aliphatic rings. The first-order valence-corrected chi connectivity index (χ1v) is 10.3. The molecule has 0 bridgehead atoms. The van der Waals surface area contributed by atoms with Crippen LogP contribution in [0.4, 0.5) is 0 Å². The molecule has 0 aliphatic heterocycles. The van der Waals surface area contributed by atoms with E-state index in [2.05, 4.69) is 14.5 Å². The topological polar surface area (TPSA) is 86.7 Å². The van der Waals surface area contributed by atoms with Gasteiger partial charge in [-0.3, -0.25) is 14.8 Å². The molecule has 6 nitrogen and oxygen atoms in total. The minimum atomic E-state index is -0.454. The maximum absolute atomic E-state index is 11.9. The summed E-state index contributed by atoms with van der Waals surface area (Å²) in [7, 11) is 0. The van der Waals surface area contributed by atoms with Crippen LogP contribution in [0.2, 0.25) is 5.02 Å². The van der Waals surface area contributed by atoms with Crippen molar-refractivity contribution in [2.24, 2.45) is 5.73 Å². The molecule has 3 aromatic heterocycles. The number of rotatable bonds is 6. The fraction of sp³-hybridized carbons (Fsp3) is 0.143. The number of hydrogen-bond donors (Lipinski definition) is 1. The van der Waals surface area contributed by atoms with Gasteiger partial charge >= 0.3 is 0 Å². The van der Waals surface area contributed by atoms with Crippen molar-refractivity contribution in [3.05, 3.63) is 76.1 Å². The van der Waals surface area contributed by atoms with E-state index in [1.165, 1.54) is 11.3 Å². The van der Waals surface area contributed by atoms with E-state index < -0.39 is 5.91 Å². The van der Waals surface area contributed by atoms with Gasteiger partial charge in [0, 0.05) is 35.0 Å².